The van der Waals surface area contributed by atoms with E-state index < -0.39 is 0 Å². The van der Waals surface area contributed by atoms with Gasteiger partial charge >= 0.3 is 0 Å². The Labute approximate surface area is 148 Å². The normalized spacial score (nSPS) is 16.3. The Bertz CT molecular complexity index is 802. The number of hydrogen-bond acceptors (Lipinski definition) is 4. The van der Waals surface area contributed by atoms with Crippen molar-refractivity contribution in [2.24, 2.45) is 0 Å². The van der Waals surface area contributed by atoms with Crippen LogP contribution in [0.3, 0.4) is 0 Å². The number of thiocarbonyl (C=S) groups is 1. The predicted octanol–water partition coefficient (Wildman–Crippen LogP) is 4.75. The van der Waals surface area contributed by atoms with E-state index >= 15 is 0 Å². The van der Waals surface area contributed by atoms with E-state index in [9.17, 15) is 4.79 Å². The minimum atomic E-state index is -0.134. The van der Waals surface area contributed by atoms with Gasteiger partial charge in [0.2, 0.25) is 0 Å². The Kier molecular flexibility index (Phi) is 4.71. The first-order valence-electron chi connectivity index (χ1n) is 6.76. The highest BCUT2D eigenvalue weighted by Crippen LogP contribution is 2.36. The van der Waals surface area contributed by atoms with Crippen LogP contribution in [-0.2, 0) is 4.79 Å². The lowest BCUT2D eigenvalue weighted by Crippen LogP contribution is -2.27. The highest BCUT2D eigenvalue weighted by molar-refractivity contribution is 8.27. The third-order valence-electron chi connectivity index (χ3n) is 3.27. The number of benzene rings is 2. The van der Waals surface area contributed by atoms with Crippen molar-refractivity contribution in [3.63, 3.8) is 0 Å². The molecule has 0 saturated carbocycles. The summed E-state index contributed by atoms with van der Waals surface area (Å²) < 4.78 is 5.64. The molecule has 116 valence electrons. The van der Waals surface area contributed by atoms with Crippen LogP contribution in [0.1, 0.15) is 5.56 Å². The van der Waals surface area contributed by atoms with Gasteiger partial charge in [0, 0.05) is 5.02 Å². The molecule has 1 amide bonds. The Morgan fingerprint density at radius 2 is 1.96 bits per heavy atom. The van der Waals surface area contributed by atoms with Gasteiger partial charge in [-0.2, -0.15) is 0 Å². The highest BCUT2D eigenvalue weighted by atomic mass is 35.5. The number of anilines is 1. The van der Waals surface area contributed by atoms with Crippen molar-refractivity contribution in [3.8, 4) is 5.75 Å². The first kappa shape index (κ1) is 16.1. The number of hydrogen-bond donors (Lipinski definition) is 0. The SMILES string of the molecule is COc1ccc(N2C(=O)C(=Cc3cccc(Cl)c3)SC2=S)cc1. The van der Waals surface area contributed by atoms with Gasteiger partial charge in [-0.15, -0.1) is 0 Å². The van der Waals surface area contributed by atoms with E-state index in [0.717, 1.165) is 17.0 Å². The first-order chi connectivity index (χ1) is 11.1. The van der Waals surface area contributed by atoms with E-state index in [1.807, 2.05) is 30.3 Å². The minimum Gasteiger partial charge on any atom is -0.497 e. The highest BCUT2D eigenvalue weighted by Gasteiger charge is 2.33. The second-order valence-electron chi connectivity index (χ2n) is 4.77. The molecule has 3 rings (SSSR count). The predicted molar refractivity (Wildman–Crippen MR) is 100 cm³/mol. The van der Waals surface area contributed by atoms with Crippen molar-refractivity contribution in [3.05, 3.63) is 64.0 Å². The van der Waals surface area contributed by atoms with Crippen LogP contribution >= 0.6 is 35.6 Å². The number of halogens is 1. The van der Waals surface area contributed by atoms with Crippen molar-refractivity contribution in [1.82, 2.24) is 0 Å². The molecule has 0 bridgehead atoms. The van der Waals surface area contributed by atoms with Crippen LogP contribution in [-0.4, -0.2) is 17.3 Å². The lowest BCUT2D eigenvalue weighted by molar-refractivity contribution is -0.113. The summed E-state index contributed by atoms with van der Waals surface area (Å²) in [6, 6.07) is 14.6. The van der Waals surface area contributed by atoms with Gasteiger partial charge in [0.25, 0.3) is 5.91 Å². The van der Waals surface area contributed by atoms with Crippen molar-refractivity contribution in [2.75, 3.05) is 12.0 Å². The zero-order valence-corrected chi connectivity index (χ0v) is 14.5. The summed E-state index contributed by atoms with van der Waals surface area (Å²) in [6.07, 6.45) is 1.80. The van der Waals surface area contributed by atoms with Gasteiger partial charge in [0.1, 0.15) is 5.75 Å². The van der Waals surface area contributed by atoms with Crippen LogP contribution in [0.2, 0.25) is 5.02 Å². The third kappa shape index (κ3) is 3.42. The Morgan fingerprint density at radius 1 is 1.22 bits per heavy atom. The van der Waals surface area contributed by atoms with E-state index in [1.165, 1.54) is 16.7 Å². The molecule has 6 heteroatoms. The average Bonchev–Trinajstić information content (AvgIpc) is 2.81. The summed E-state index contributed by atoms with van der Waals surface area (Å²) in [5.41, 5.74) is 1.59. The van der Waals surface area contributed by atoms with Gasteiger partial charge in [-0.1, -0.05) is 47.7 Å². The molecule has 0 spiro atoms. The quantitative estimate of drug-likeness (QED) is 0.582. The van der Waals surface area contributed by atoms with E-state index in [4.69, 9.17) is 28.6 Å². The Morgan fingerprint density at radius 3 is 2.61 bits per heavy atom. The monoisotopic (exact) mass is 361 g/mol. The van der Waals surface area contributed by atoms with Crippen LogP contribution in [0.15, 0.2) is 53.4 Å². The molecular formula is C17H12ClNO2S2. The second-order valence-corrected chi connectivity index (χ2v) is 6.88. The van der Waals surface area contributed by atoms with Gasteiger partial charge < -0.3 is 4.74 Å². The molecular weight excluding hydrogens is 350 g/mol. The van der Waals surface area contributed by atoms with Crippen LogP contribution in [0.25, 0.3) is 6.08 Å². The van der Waals surface area contributed by atoms with E-state index in [-0.39, 0.29) is 5.91 Å². The number of methoxy groups -OCH3 is 1. The van der Waals surface area contributed by atoms with Gasteiger partial charge in [0.15, 0.2) is 4.32 Å². The number of amides is 1. The number of thioether (sulfide) groups is 1. The molecule has 0 aromatic heterocycles. The molecule has 1 saturated heterocycles. The fraction of sp³-hybridized carbons (Fsp3) is 0.0588. The average molecular weight is 362 g/mol. The maximum absolute atomic E-state index is 12.6. The van der Waals surface area contributed by atoms with Gasteiger partial charge in [-0.05, 0) is 48.0 Å². The van der Waals surface area contributed by atoms with Crippen molar-refractivity contribution >= 4 is 57.6 Å². The molecule has 0 N–H and O–H groups in total. The summed E-state index contributed by atoms with van der Waals surface area (Å²) in [5, 5.41) is 0.629. The van der Waals surface area contributed by atoms with Gasteiger partial charge in [-0.25, -0.2) is 0 Å². The summed E-state index contributed by atoms with van der Waals surface area (Å²) >= 11 is 12.6. The fourth-order valence-electron chi connectivity index (χ4n) is 2.17. The van der Waals surface area contributed by atoms with E-state index in [0.29, 0.717) is 14.2 Å². The van der Waals surface area contributed by atoms with Crippen molar-refractivity contribution < 1.29 is 9.53 Å². The maximum atomic E-state index is 12.6. The van der Waals surface area contributed by atoms with Crippen molar-refractivity contribution in [1.29, 1.82) is 0 Å². The Hall–Kier alpha value is -1.82. The summed E-state index contributed by atoms with van der Waals surface area (Å²) in [5.74, 6) is 0.596. The lowest BCUT2D eigenvalue weighted by atomic mass is 10.2. The number of ether oxygens (including phenoxy) is 1. The minimum absolute atomic E-state index is 0.134. The molecule has 0 atom stereocenters. The molecule has 0 aliphatic carbocycles. The summed E-state index contributed by atoms with van der Waals surface area (Å²) in [7, 11) is 1.60. The zero-order valence-electron chi connectivity index (χ0n) is 12.2. The van der Waals surface area contributed by atoms with Crippen LogP contribution in [0.4, 0.5) is 5.69 Å². The molecule has 23 heavy (non-hydrogen) atoms. The molecule has 1 aliphatic rings. The topological polar surface area (TPSA) is 29.5 Å². The molecule has 0 unspecified atom stereocenters. The second kappa shape index (κ2) is 6.74. The molecule has 1 aliphatic heterocycles. The molecule has 3 nitrogen and oxygen atoms in total. The standard InChI is InChI=1S/C17H12ClNO2S2/c1-21-14-7-5-13(6-8-14)19-16(20)15(23-17(19)22)10-11-3-2-4-12(18)9-11/h2-10H,1H3. The lowest BCUT2D eigenvalue weighted by Gasteiger charge is -2.14. The van der Waals surface area contributed by atoms with Crippen LogP contribution < -0.4 is 9.64 Å². The largest absolute Gasteiger partial charge is 0.497 e. The number of rotatable bonds is 3. The third-order valence-corrected chi connectivity index (χ3v) is 4.81. The van der Waals surface area contributed by atoms with Crippen LogP contribution in [0, 0.1) is 0 Å². The molecule has 2 aromatic carbocycles. The maximum Gasteiger partial charge on any atom is 0.270 e. The summed E-state index contributed by atoms with van der Waals surface area (Å²) in [6.45, 7) is 0. The van der Waals surface area contributed by atoms with Crippen LogP contribution in [0.5, 0.6) is 5.75 Å². The number of carbonyl (C=O) groups excluding carboxylic acids is 1. The molecule has 2 aromatic rings. The zero-order chi connectivity index (χ0) is 16.4. The van der Waals surface area contributed by atoms with E-state index in [1.54, 1.807) is 31.4 Å². The van der Waals surface area contributed by atoms with Crippen molar-refractivity contribution in [2.45, 2.75) is 0 Å². The molecule has 0 radical (unpaired) electrons. The number of nitrogens with zero attached hydrogens (tertiary/aromatic N) is 1. The smallest absolute Gasteiger partial charge is 0.270 e. The Balaban J connectivity index is 1.90. The molecule has 1 heterocycles. The van der Waals surface area contributed by atoms with Gasteiger partial charge in [-0.3, -0.25) is 9.69 Å². The van der Waals surface area contributed by atoms with Gasteiger partial charge in [0.05, 0.1) is 17.7 Å². The summed E-state index contributed by atoms with van der Waals surface area (Å²) in [4.78, 5) is 14.7. The first-order valence-corrected chi connectivity index (χ1v) is 8.36. The number of carbonyl (C=O) groups is 1. The molecule has 1 fully saturated rings. The van der Waals surface area contributed by atoms with E-state index in [2.05, 4.69) is 0 Å². The fourth-order valence-corrected chi connectivity index (χ4v) is 3.67.